The largest absolute Gasteiger partial charge is 0.384 e. The van der Waals surface area contributed by atoms with E-state index in [0.717, 1.165) is 11.1 Å². The van der Waals surface area contributed by atoms with Crippen LogP contribution in [0.25, 0.3) is 5.52 Å². The van der Waals surface area contributed by atoms with E-state index in [1.54, 1.807) is 16.8 Å². The van der Waals surface area contributed by atoms with Gasteiger partial charge in [0.15, 0.2) is 0 Å². The number of amides is 2. The topological polar surface area (TPSA) is 89.5 Å². The monoisotopic (exact) mass is 244 g/mol. The maximum atomic E-state index is 11.8. The van der Waals surface area contributed by atoms with Gasteiger partial charge in [0.2, 0.25) is 11.8 Å². The van der Waals surface area contributed by atoms with Crippen LogP contribution in [0, 0.1) is 0 Å². The van der Waals surface area contributed by atoms with Crippen molar-refractivity contribution in [2.45, 2.75) is 18.8 Å². The SMILES string of the molecule is Nc1cccc2c(C3CCC(=O)NC3=O)cnn12. The summed E-state index contributed by atoms with van der Waals surface area (Å²) in [7, 11) is 0. The molecule has 1 fully saturated rings. The highest BCUT2D eigenvalue weighted by Gasteiger charge is 2.30. The van der Waals surface area contributed by atoms with Gasteiger partial charge >= 0.3 is 0 Å². The van der Waals surface area contributed by atoms with Gasteiger partial charge in [-0.1, -0.05) is 6.07 Å². The summed E-state index contributed by atoms with van der Waals surface area (Å²) < 4.78 is 1.60. The number of carbonyl (C=O) groups is 2. The molecule has 2 aromatic rings. The molecular weight excluding hydrogens is 232 g/mol. The molecule has 3 rings (SSSR count). The number of imide groups is 1. The number of hydrogen-bond donors (Lipinski definition) is 2. The maximum Gasteiger partial charge on any atom is 0.234 e. The van der Waals surface area contributed by atoms with Crippen molar-refractivity contribution in [3.05, 3.63) is 30.0 Å². The second-order valence-electron chi connectivity index (χ2n) is 4.35. The minimum atomic E-state index is -0.331. The third-order valence-electron chi connectivity index (χ3n) is 3.22. The Morgan fingerprint density at radius 1 is 1.39 bits per heavy atom. The number of anilines is 1. The standard InChI is InChI=1S/C12H12N4O2/c13-10-3-1-2-9-8(6-14-16(9)10)7-4-5-11(17)15-12(7)18/h1-3,6-7H,4-5,13H2,(H,15,17,18). The summed E-state index contributed by atoms with van der Waals surface area (Å²) in [5.41, 5.74) is 7.42. The Kier molecular flexibility index (Phi) is 2.29. The van der Waals surface area contributed by atoms with Crippen molar-refractivity contribution in [1.82, 2.24) is 14.9 Å². The van der Waals surface area contributed by atoms with Crippen molar-refractivity contribution in [1.29, 1.82) is 0 Å². The molecule has 0 aliphatic carbocycles. The summed E-state index contributed by atoms with van der Waals surface area (Å²) in [5.74, 6) is -0.288. The zero-order chi connectivity index (χ0) is 12.7. The zero-order valence-electron chi connectivity index (χ0n) is 9.59. The van der Waals surface area contributed by atoms with Gasteiger partial charge in [-0.05, 0) is 18.6 Å². The van der Waals surface area contributed by atoms with Gasteiger partial charge in [0.1, 0.15) is 5.82 Å². The van der Waals surface area contributed by atoms with Crippen LogP contribution in [0.15, 0.2) is 24.4 Å². The van der Waals surface area contributed by atoms with E-state index in [1.165, 1.54) is 0 Å². The van der Waals surface area contributed by atoms with Gasteiger partial charge in [0.25, 0.3) is 0 Å². The lowest BCUT2D eigenvalue weighted by atomic mass is 9.91. The number of nitrogen functional groups attached to an aromatic ring is 1. The fourth-order valence-electron chi connectivity index (χ4n) is 2.31. The number of nitrogens with two attached hydrogens (primary N) is 1. The molecule has 0 radical (unpaired) electrons. The molecule has 1 aliphatic heterocycles. The Balaban J connectivity index is 2.07. The molecule has 3 N–H and O–H groups in total. The zero-order valence-corrected chi connectivity index (χ0v) is 9.59. The number of rotatable bonds is 1. The summed E-state index contributed by atoms with van der Waals surface area (Å²) >= 11 is 0. The Morgan fingerprint density at radius 2 is 2.22 bits per heavy atom. The first-order chi connectivity index (χ1) is 8.66. The summed E-state index contributed by atoms with van der Waals surface area (Å²) in [4.78, 5) is 23.0. The molecule has 2 amide bonds. The van der Waals surface area contributed by atoms with Crippen LogP contribution in [0.4, 0.5) is 5.82 Å². The first kappa shape index (κ1) is 10.8. The molecule has 1 unspecified atom stereocenters. The summed E-state index contributed by atoms with van der Waals surface area (Å²) in [5, 5.41) is 6.52. The van der Waals surface area contributed by atoms with Crippen LogP contribution >= 0.6 is 0 Å². The molecule has 0 aromatic carbocycles. The van der Waals surface area contributed by atoms with Crippen LogP contribution in [0.1, 0.15) is 24.3 Å². The van der Waals surface area contributed by atoms with Gasteiger partial charge in [-0.15, -0.1) is 0 Å². The van der Waals surface area contributed by atoms with Crippen molar-refractivity contribution in [2.24, 2.45) is 0 Å². The molecule has 1 saturated heterocycles. The van der Waals surface area contributed by atoms with Gasteiger partial charge in [0.05, 0.1) is 17.6 Å². The third kappa shape index (κ3) is 1.54. The third-order valence-corrected chi connectivity index (χ3v) is 3.22. The molecule has 18 heavy (non-hydrogen) atoms. The molecule has 1 atom stereocenters. The Labute approximate surface area is 103 Å². The summed E-state index contributed by atoms with van der Waals surface area (Å²) in [6, 6.07) is 5.43. The maximum absolute atomic E-state index is 11.8. The second-order valence-corrected chi connectivity index (χ2v) is 4.35. The predicted octanol–water partition coefficient (Wildman–Crippen LogP) is 0.437. The number of nitrogens with zero attached hydrogens (tertiary/aromatic N) is 2. The number of pyridine rings is 1. The lowest BCUT2D eigenvalue weighted by Gasteiger charge is -2.19. The molecule has 92 valence electrons. The summed E-state index contributed by atoms with van der Waals surface area (Å²) in [6.45, 7) is 0. The van der Waals surface area contributed by atoms with E-state index in [2.05, 4.69) is 10.4 Å². The average molecular weight is 244 g/mol. The first-order valence-corrected chi connectivity index (χ1v) is 5.72. The van der Waals surface area contributed by atoms with Crippen LogP contribution in [0.5, 0.6) is 0 Å². The van der Waals surface area contributed by atoms with E-state index in [9.17, 15) is 9.59 Å². The van der Waals surface area contributed by atoms with Crippen LogP contribution in [-0.4, -0.2) is 21.4 Å². The quantitative estimate of drug-likeness (QED) is 0.712. The average Bonchev–Trinajstić information content (AvgIpc) is 2.74. The lowest BCUT2D eigenvalue weighted by molar-refractivity contribution is -0.134. The molecule has 0 spiro atoms. The van der Waals surface area contributed by atoms with E-state index in [4.69, 9.17) is 5.73 Å². The Hall–Kier alpha value is -2.37. The molecule has 6 nitrogen and oxygen atoms in total. The fourth-order valence-corrected chi connectivity index (χ4v) is 2.31. The Bertz CT molecular complexity index is 647. The minimum absolute atomic E-state index is 0.216. The minimum Gasteiger partial charge on any atom is -0.384 e. The van der Waals surface area contributed by atoms with Crippen molar-refractivity contribution >= 4 is 23.1 Å². The van der Waals surface area contributed by atoms with E-state index >= 15 is 0 Å². The van der Waals surface area contributed by atoms with Crippen LogP contribution in [-0.2, 0) is 9.59 Å². The highest BCUT2D eigenvalue weighted by molar-refractivity contribution is 6.01. The van der Waals surface area contributed by atoms with E-state index < -0.39 is 0 Å². The molecule has 2 aromatic heterocycles. The normalized spacial score (nSPS) is 20.1. The lowest BCUT2D eigenvalue weighted by Crippen LogP contribution is -2.39. The predicted molar refractivity (Wildman–Crippen MR) is 64.7 cm³/mol. The number of carbonyl (C=O) groups excluding carboxylic acids is 2. The molecule has 3 heterocycles. The number of hydrogen-bond acceptors (Lipinski definition) is 4. The number of piperidine rings is 1. The number of nitrogens with one attached hydrogen (secondary N) is 1. The molecular formula is C12H12N4O2. The number of fused-ring (bicyclic) bond motifs is 1. The highest BCUT2D eigenvalue weighted by atomic mass is 16.2. The molecule has 0 bridgehead atoms. The van der Waals surface area contributed by atoms with Crippen LogP contribution in [0.3, 0.4) is 0 Å². The smallest absolute Gasteiger partial charge is 0.234 e. The highest BCUT2D eigenvalue weighted by Crippen LogP contribution is 2.28. The van der Waals surface area contributed by atoms with E-state index in [1.807, 2.05) is 12.1 Å². The van der Waals surface area contributed by atoms with Gasteiger partial charge in [0, 0.05) is 12.0 Å². The van der Waals surface area contributed by atoms with Crippen molar-refractivity contribution < 1.29 is 9.59 Å². The van der Waals surface area contributed by atoms with Crippen molar-refractivity contribution in [3.8, 4) is 0 Å². The second kappa shape index (κ2) is 3.83. The van der Waals surface area contributed by atoms with Gasteiger partial charge < -0.3 is 5.73 Å². The fraction of sp³-hybridized carbons (Fsp3) is 0.250. The summed E-state index contributed by atoms with van der Waals surface area (Å²) in [6.07, 6.45) is 2.52. The van der Waals surface area contributed by atoms with Gasteiger partial charge in [-0.2, -0.15) is 5.10 Å². The molecule has 0 saturated carbocycles. The van der Waals surface area contributed by atoms with E-state index in [-0.39, 0.29) is 17.7 Å². The van der Waals surface area contributed by atoms with Gasteiger partial charge in [-0.25, -0.2) is 4.52 Å². The first-order valence-electron chi connectivity index (χ1n) is 5.72. The number of aromatic nitrogens is 2. The molecule has 1 aliphatic rings. The Morgan fingerprint density at radius 3 is 3.00 bits per heavy atom. The molecule has 6 heteroatoms. The van der Waals surface area contributed by atoms with Crippen molar-refractivity contribution in [3.63, 3.8) is 0 Å². The van der Waals surface area contributed by atoms with Crippen LogP contribution in [0.2, 0.25) is 0 Å². The van der Waals surface area contributed by atoms with Gasteiger partial charge in [-0.3, -0.25) is 14.9 Å². The van der Waals surface area contributed by atoms with Crippen LogP contribution < -0.4 is 11.1 Å². The van der Waals surface area contributed by atoms with E-state index in [0.29, 0.717) is 18.7 Å². The van der Waals surface area contributed by atoms with Crippen molar-refractivity contribution in [2.75, 3.05) is 5.73 Å².